The summed E-state index contributed by atoms with van der Waals surface area (Å²) in [5.41, 5.74) is 8.46. The van der Waals surface area contributed by atoms with Gasteiger partial charge < -0.3 is 16.4 Å². The highest BCUT2D eigenvalue weighted by atomic mass is 16.6. The Balaban J connectivity index is 1.63. The van der Waals surface area contributed by atoms with Crippen molar-refractivity contribution < 1.29 is 14.5 Å². The molecule has 5 N–H and O–H groups in total. The van der Waals surface area contributed by atoms with E-state index in [4.69, 9.17) is 5.73 Å². The first-order chi connectivity index (χ1) is 14.7. The molecule has 0 bridgehead atoms. The number of benzene rings is 2. The lowest BCUT2D eigenvalue weighted by Crippen LogP contribution is -2.32. The summed E-state index contributed by atoms with van der Waals surface area (Å²) in [6, 6.07) is 10.6. The summed E-state index contributed by atoms with van der Waals surface area (Å²) in [5, 5.41) is 18.9. The fraction of sp³-hybridized carbons (Fsp3) is 0.200. The van der Waals surface area contributed by atoms with Crippen LogP contribution in [-0.4, -0.2) is 34.7 Å². The van der Waals surface area contributed by atoms with E-state index in [1.807, 2.05) is 31.2 Å². The van der Waals surface area contributed by atoms with Gasteiger partial charge in [0, 0.05) is 17.8 Å². The number of aryl methyl sites for hydroxylation is 2. The Labute approximate surface area is 177 Å². The number of carbonyl (C=O) groups is 2. The maximum atomic E-state index is 12.3. The van der Waals surface area contributed by atoms with Gasteiger partial charge in [-0.1, -0.05) is 23.8 Å². The van der Waals surface area contributed by atoms with Crippen LogP contribution in [0.1, 0.15) is 17.5 Å². The Bertz CT molecular complexity index is 1090. The smallest absolute Gasteiger partial charge is 0.271 e. The van der Waals surface area contributed by atoms with Crippen molar-refractivity contribution in [3.05, 3.63) is 63.7 Å². The van der Waals surface area contributed by atoms with Crippen LogP contribution >= 0.6 is 0 Å². The summed E-state index contributed by atoms with van der Waals surface area (Å²) in [7, 11) is 0. The van der Waals surface area contributed by atoms with Crippen molar-refractivity contribution >= 4 is 40.8 Å². The van der Waals surface area contributed by atoms with Crippen molar-refractivity contribution in [1.29, 1.82) is 0 Å². The SMILES string of the molecule is Cc1ccc(N/C(N)=N/C2=NC(CC(=O)Nc3cc([N+](=O)[O-])ccc3C)C(=O)N2)cc1. The minimum atomic E-state index is -0.982. The zero-order valence-corrected chi connectivity index (χ0v) is 16.9. The maximum Gasteiger partial charge on any atom is 0.271 e. The van der Waals surface area contributed by atoms with Crippen LogP contribution in [0.5, 0.6) is 0 Å². The first kappa shape index (κ1) is 21.4. The van der Waals surface area contributed by atoms with Gasteiger partial charge in [0.1, 0.15) is 6.04 Å². The molecule has 0 radical (unpaired) electrons. The number of non-ortho nitro benzene ring substituents is 1. The van der Waals surface area contributed by atoms with E-state index in [9.17, 15) is 19.7 Å². The number of guanidine groups is 2. The first-order valence-electron chi connectivity index (χ1n) is 9.32. The number of amides is 2. The zero-order chi connectivity index (χ0) is 22.5. The van der Waals surface area contributed by atoms with Crippen molar-refractivity contribution in [2.45, 2.75) is 26.3 Å². The molecular formula is C20H21N7O4. The van der Waals surface area contributed by atoms with E-state index < -0.39 is 22.8 Å². The van der Waals surface area contributed by atoms with E-state index in [1.54, 1.807) is 6.92 Å². The molecule has 0 spiro atoms. The van der Waals surface area contributed by atoms with Crippen LogP contribution in [0.15, 0.2) is 52.4 Å². The number of nitrogens with zero attached hydrogens (tertiary/aromatic N) is 3. The van der Waals surface area contributed by atoms with E-state index in [-0.39, 0.29) is 24.0 Å². The number of hydrogen-bond donors (Lipinski definition) is 4. The Kier molecular flexibility index (Phi) is 6.24. The second-order valence-electron chi connectivity index (χ2n) is 6.95. The third-order valence-electron chi connectivity index (χ3n) is 4.45. The lowest BCUT2D eigenvalue weighted by Gasteiger charge is -2.09. The van der Waals surface area contributed by atoms with Crippen LogP contribution in [-0.2, 0) is 9.59 Å². The number of carbonyl (C=O) groups excluding carboxylic acids is 2. The Hall–Kier alpha value is -4.28. The molecule has 1 unspecified atom stereocenters. The minimum absolute atomic E-state index is 0.00792. The predicted molar refractivity (Wildman–Crippen MR) is 117 cm³/mol. The number of aliphatic imine (C=N–C) groups is 2. The van der Waals surface area contributed by atoms with Gasteiger partial charge >= 0.3 is 0 Å². The average molecular weight is 423 g/mol. The van der Waals surface area contributed by atoms with Gasteiger partial charge in [-0.2, -0.15) is 4.99 Å². The molecule has 1 aliphatic heterocycles. The highest BCUT2D eigenvalue weighted by Gasteiger charge is 2.29. The predicted octanol–water partition coefficient (Wildman–Crippen LogP) is 1.82. The summed E-state index contributed by atoms with van der Waals surface area (Å²) in [6.45, 7) is 3.66. The Morgan fingerprint density at radius 3 is 2.61 bits per heavy atom. The number of anilines is 2. The first-order valence-corrected chi connectivity index (χ1v) is 9.32. The lowest BCUT2D eigenvalue weighted by molar-refractivity contribution is -0.384. The van der Waals surface area contributed by atoms with Crippen molar-refractivity contribution in [2.24, 2.45) is 15.7 Å². The van der Waals surface area contributed by atoms with Crippen molar-refractivity contribution in [3.63, 3.8) is 0 Å². The van der Waals surface area contributed by atoms with Crippen LogP contribution < -0.4 is 21.7 Å². The molecule has 1 aliphatic rings. The summed E-state index contributed by atoms with van der Waals surface area (Å²) in [5.74, 6) is -0.983. The van der Waals surface area contributed by atoms with Crippen molar-refractivity contribution in [3.8, 4) is 0 Å². The van der Waals surface area contributed by atoms with Crippen LogP contribution in [0.4, 0.5) is 17.1 Å². The third kappa shape index (κ3) is 5.63. The minimum Gasteiger partial charge on any atom is -0.369 e. The number of rotatable bonds is 5. The Morgan fingerprint density at radius 2 is 1.94 bits per heavy atom. The second kappa shape index (κ2) is 9.03. The van der Waals surface area contributed by atoms with Crippen molar-refractivity contribution in [2.75, 3.05) is 10.6 Å². The molecule has 0 saturated carbocycles. The van der Waals surface area contributed by atoms with Gasteiger partial charge in [0.05, 0.1) is 17.0 Å². The van der Waals surface area contributed by atoms with Gasteiger partial charge in [0.25, 0.3) is 11.6 Å². The van der Waals surface area contributed by atoms with Gasteiger partial charge in [0.15, 0.2) is 0 Å². The molecule has 0 saturated heterocycles. The fourth-order valence-electron chi connectivity index (χ4n) is 2.79. The van der Waals surface area contributed by atoms with Crippen LogP contribution in [0.2, 0.25) is 0 Å². The summed E-state index contributed by atoms with van der Waals surface area (Å²) >= 11 is 0. The second-order valence-corrected chi connectivity index (χ2v) is 6.95. The van der Waals surface area contributed by atoms with E-state index in [2.05, 4.69) is 25.9 Å². The zero-order valence-electron chi connectivity index (χ0n) is 16.9. The number of hydrogen-bond acceptors (Lipinski definition) is 6. The fourth-order valence-corrected chi connectivity index (χ4v) is 2.79. The van der Waals surface area contributed by atoms with Crippen LogP contribution in [0.3, 0.4) is 0 Å². The van der Waals surface area contributed by atoms with E-state index >= 15 is 0 Å². The monoisotopic (exact) mass is 423 g/mol. The lowest BCUT2D eigenvalue weighted by atomic mass is 10.1. The van der Waals surface area contributed by atoms with Crippen molar-refractivity contribution in [1.82, 2.24) is 5.32 Å². The number of nitro groups is 1. The van der Waals surface area contributed by atoms with Crippen LogP contribution in [0, 0.1) is 24.0 Å². The molecule has 11 nitrogen and oxygen atoms in total. The summed E-state index contributed by atoms with van der Waals surface area (Å²) in [6.07, 6.45) is -0.252. The average Bonchev–Trinajstić information content (AvgIpc) is 3.03. The molecule has 3 rings (SSSR count). The van der Waals surface area contributed by atoms with Gasteiger partial charge in [0.2, 0.25) is 17.8 Å². The van der Waals surface area contributed by atoms with E-state index in [0.29, 0.717) is 11.3 Å². The van der Waals surface area contributed by atoms with Gasteiger partial charge in [-0.05, 0) is 31.5 Å². The molecule has 1 heterocycles. The van der Waals surface area contributed by atoms with Gasteiger partial charge in [-0.15, -0.1) is 0 Å². The standard InChI is InChI=1S/C20H21N7O4/c1-11-3-6-13(7-4-11)22-19(21)26-20-24-16(18(29)25-20)10-17(28)23-15-9-14(27(30)31)8-5-12(15)2/h3-9,16H,10H2,1-2H3,(H,23,28)(H4,21,22,24,25,26,29). The van der Waals surface area contributed by atoms with Crippen LogP contribution in [0.25, 0.3) is 0 Å². The third-order valence-corrected chi connectivity index (χ3v) is 4.45. The molecule has 2 aromatic rings. The van der Waals surface area contributed by atoms with E-state index in [0.717, 1.165) is 11.3 Å². The molecule has 31 heavy (non-hydrogen) atoms. The van der Waals surface area contributed by atoms with Gasteiger partial charge in [-0.25, -0.2) is 4.99 Å². The normalized spacial score (nSPS) is 15.8. The molecule has 2 aromatic carbocycles. The molecular weight excluding hydrogens is 402 g/mol. The largest absolute Gasteiger partial charge is 0.369 e. The van der Waals surface area contributed by atoms with Gasteiger partial charge in [-0.3, -0.25) is 25.0 Å². The molecule has 1 atom stereocenters. The maximum absolute atomic E-state index is 12.3. The molecule has 0 fully saturated rings. The summed E-state index contributed by atoms with van der Waals surface area (Å²) < 4.78 is 0. The molecule has 0 aromatic heterocycles. The quantitative estimate of drug-likeness (QED) is 0.248. The Morgan fingerprint density at radius 1 is 1.23 bits per heavy atom. The molecule has 160 valence electrons. The molecule has 11 heteroatoms. The highest BCUT2D eigenvalue weighted by Crippen LogP contribution is 2.22. The number of nitrogens with two attached hydrogens (primary N) is 1. The molecule has 0 aliphatic carbocycles. The topological polar surface area (TPSA) is 164 Å². The van der Waals surface area contributed by atoms with E-state index in [1.165, 1.54) is 18.2 Å². The highest BCUT2D eigenvalue weighted by molar-refractivity contribution is 6.11. The number of nitrogens with one attached hydrogen (secondary N) is 3. The summed E-state index contributed by atoms with van der Waals surface area (Å²) in [4.78, 5) is 43.0. The number of nitro benzene ring substituents is 1. The molecule has 2 amide bonds.